The lowest BCUT2D eigenvalue weighted by molar-refractivity contribution is -0.383. The van der Waals surface area contributed by atoms with Crippen LogP contribution in [-0.2, 0) is 4.74 Å². The predicted octanol–water partition coefficient (Wildman–Crippen LogP) is 3.32. The average Bonchev–Trinajstić information content (AvgIpc) is 2.72. The number of para-hydroxylation sites is 1. The number of ether oxygens (including phenoxy) is 1. The quantitative estimate of drug-likeness (QED) is 0.439. The van der Waals surface area contributed by atoms with Gasteiger partial charge < -0.3 is 14.5 Å². The van der Waals surface area contributed by atoms with Gasteiger partial charge in [0.05, 0.1) is 23.3 Å². The molecule has 0 N–H and O–H groups in total. The molecule has 1 aliphatic rings. The maximum absolute atomic E-state index is 12.1. The second-order valence-corrected chi connectivity index (χ2v) is 6.73. The van der Waals surface area contributed by atoms with Gasteiger partial charge in [0.25, 0.3) is 0 Å². The molecule has 2 heterocycles. The molecule has 3 rings (SSSR count). The van der Waals surface area contributed by atoms with Crippen LogP contribution in [0.3, 0.4) is 0 Å². The number of piperidine rings is 1. The Balaban J connectivity index is 2.11. The second-order valence-electron chi connectivity index (χ2n) is 6.73. The first-order valence-corrected chi connectivity index (χ1v) is 9.12. The summed E-state index contributed by atoms with van der Waals surface area (Å²) in [6.45, 7) is 2.75. The highest BCUT2D eigenvalue weighted by Crippen LogP contribution is 2.39. The van der Waals surface area contributed by atoms with Crippen molar-refractivity contribution in [1.82, 2.24) is 9.97 Å². The molecule has 0 saturated carbocycles. The number of hydrogen-bond donors (Lipinski definition) is 0. The minimum absolute atomic E-state index is 0.129. The van der Waals surface area contributed by atoms with Gasteiger partial charge in [0, 0.05) is 19.6 Å². The van der Waals surface area contributed by atoms with E-state index in [1.165, 1.54) is 18.3 Å². The lowest BCUT2D eigenvalue weighted by atomic mass is 10.0. The minimum atomic E-state index is -0.524. The van der Waals surface area contributed by atoms with Crippen molar-refractivity contribution < 1.29 is 14.5 Å². The third kappa shape index (κ3) is 3.60. The molecule has 28 heavy (non-hydrogen) atoms. The van der Waals surface area contributed by atoms with Crippen molar-refractivity contribution in [3.8, 4) is 0 Å². The Morgan fingerprint density at radius 2 is 2.07 bits per heavy atom. The molecule has 9 nitrogen and oxygen atoms in total. The van der Waals surface area contributed by atoms with E-state index in [4.69, 9.17) is 4.74 Å². The molecular formula is C19H23N5O4. The average molecular weight is 385 g/mol. The number of carbonyl (C=O) groups excluding carboxylic acids is 1. The highest BCUT2D eigenvalue weighted by Gasteiger charge is 2.33. The molecule has 0 radical (unpaired) electrons. The molecule has 1 unspecified atom stereocenters. The van der Waals surface area contributed by atoms with Crippen molar-refractivity contribution in [1.29, 1.82) is 0 Å². The zero-order chi connectivity index (χ0) is 20.3. The summed E-state index contributed by atoms with van der Waals surface area (Å²) in [6.07, 6.45) is 4.34. The summed E-state index contributed by atoms with van der Waals surface area (Å²) in [4.78, 5) is 35.6. The minimum Gasteiger partial charge on any atom is -0.465 e. The largest absolute Gasteiger partial charge is 0.465 e. The van der Waals surface area contributed by atoms with Crippen molar-refractivity contribution in [2.45, 2.75) is 32.2 Å². The van der Waals surface area contributed by atoms with Crippen LogP contribution in [0.1, 0.15) is 36.5 Å². The van der Waals surface area contributed by atoms with Gasteiger partial charge in [-0.05, 0) is 38.3 Å². The number of benzene rings is 1. The van der Waals surface area contributed by atoms with Gasteiger partial charge in [0.15, 0.2) is 0 Å². The smallest absolute Gasteiger partial charge is 0.353 e. The van der Waals surface area contributed by atoms with Crippen molar-refractivity contribution >= 4 is 29.0 Å². The Morgan fingerprint density at radius 1 is 1.32 bits per heavy atom. The van der Waals surface area contributed by atoms with Gasteiger partial charge in [0.2, 0.25) is 11.6 Å². The fourth-order valence-corrected chi connectivity index (χ4v) is 3.56. The summed E-state index contributed by atoms with van der Waals surface area (Å²) < 4.78 is 4.83. The van der Waals surface area contributed by atoms with Gasteiger partial charge in [-0.15, -0.1) is 0 Å². The van der Waals surface area contributed by atoms with E-state index in [0.29, 0.717) is 23.6 Å². The van der Waals surface area contributed by atoms with Crippen molar-refractivity contribution in [2.75, 3.05) is 30.5 Å². The third-order valence-corrected chi connectivity index (χ3v) is 5.03. The van der Waals surface area contributed by atoms with E-state index >= 15 is 0 Å². The number of nitrogens with zero attached hydrogens (tertiary/aromatic N) is 5. The third-order valence-electron chi connectivity index (χ3n) is 5.03. The zero-order valence-corrected chi connectivity index (χ0v) is 16.2. The normalized spacial score (nSPS) is 16.5. The van der Waals surface area contributed by atoms with Gasteiger partial charge >= 0.3 is 11.7 Å². The van der Waals surface area contributed by atoms with Crippen LogP contribution in [0.4, 0.5) is 23.0 Å². The summed E-state index contributed by atoms with van der Waals surface area (Å²) in [5.74, 6) is -0.0854. The SMILES string of the molecule is COC(=O)c1ccccc1N(C)c1ncnc(N2CCCCC2C)c1[N+](=O)[O-]. The van der Waals surface area contributed by atoms with E-state index in [2.05, 4.69) is 9.97 Å². The van der Waals surface area contributed by atoms with Crippen LogP contribution >= 0.6 is 0 Å². The first-order valence-electron chi connectivity index (χ1n) is 9.12. The molecule has 1 aromatic carbocycles. The number of nitro groups is 1. The number of esters is 1. The van der Waals surface area contributed by atoms with Crippen LogP contribution in [-0.4, -0.2) is 47.6 Å². The molecule has 9 heteroatoms. The lowest BCUT2D eigenvalue weighted by Crippen LogP contribution is -2.38. The van der Waals surface area contributed by atoms with Crippen molar-refractivity contribution in [3.05, 3.63) is 46.3 Å². The Morgan fingerprint density at radius 3 is 2.75 bits per heavy atom. The van der Waals surface area contributed by atoms with E-state index in [1.54, 1.807) is 31.3 Å². The molecule has 1 atom stereocenters. The van der Waals surface area contributed by atoms with Gasteiger partial charge in [-0.25, -0.2) is 14.8 Å². The van der Waals surface area contributed by atoms with Crippen LogP contribution in [0.5, 0.6) is 0 Å². The van der Waals surface area contributed by atoms with Crippen LogP contribution in [0.25, 0.3) is 0 Å². The number of rotatable bonds is 5. The molecule has 1 aromatic heterocycles. The highest BCUT2D eigenvalue weighted by molar-refractivity contribution is 5.97. The number of methoxy groups -OCH3 is 1. The summed E-state index contributed by atoms with van der Waals surface area (Å²) in [5, 5.41) is 12.0. The highest BCUT2D eigenvalue weighted by atomic mass is 16.6. The lowest BCUT2D eigenvalue weighted by Gasteiger charge is -2.34. The van der Waals surface area contributed by atoms with E-state index in [-0.39, 0.29) is 17.5 Å². The summed E-state index contributed by atoms with van der Waals surface area (Å²) in [6, 6.07) is 6.92. The van der Waals surface area contributed by atoms with Crippen LogP contribution in [0.15, 0.2) is 30.6 Å². The Hall–Kier alpha value is -3.23. The number of aromatic nitrogens is 2. The van der Waals surface area contributed by atoms with Crippen molar-refractivity contribution in [3.63, 3.8) is 0 Å². The van der Waals surface area contributed by atoms with Crippen LogP contribution < -0.4 is 9.80 Å². The second kappa shape index (κ2) is 8.20. The molecular weight excluding hydrogens is 362 g/mol. The van der Waals surface area contributed by atoms with Crippen LogP contribution in [0, 0.1) is 10.1 Å². The Labute approximate surface area is 163 Å². The van der Waals surface area contributed by atoms with Gasteiger partial charge in [-0.2, -0.15) is 0 Å². The van der Waals surface area contributed by atoms with Crippen molar-refractivity contribution in [2.24, 2.45) is 0 Å². The molecule has 0 spiro atoms. The van der Waals surface area contributed by atoms with Gasteiger partial charge in [0.1, 0.15) is 6.33 Å². The summed E-state index contributed by atoms with van der Waals surface area (Å²) >= 11 is 0. The molecule has 2 aromatic rings. The van der Waals surface area contributed by atoms with E-state index in [1.807, 2.05) is 11.8 Å². The first kappa shape index (κ1) is 19.5. The summed E-state index contributed by atoms with van der Waals surface area (Å²) in [7, 11) is 2.93. The predicted molar refractivity (Wildman–Crippen MR) is 105 cm³/mol. The first-order chi connectivity index (χ1) is 13.5. The molecule has 0 bridgehead atoms. The fraction of sp³-hybridized carbons (Fsp3) is 0.421. The maximum atomic E-state index is 12.1. The standard InChI is InChI=1S/C19H23N5O4/c1-13-8-6-7-11-23(13)18-16(24(26)27)17(20-12-21-18)22(2)15-10-5-4-9-14(15)19(25)28-3/h4-5,9-10,12-13H,6-8,11H2,1-3H3. The summed E-state index contributed by atoms with van der Waals surface area (Å²) in [5.41, 5.74) is 0.598. The fourth-order valence-electron chi connectivity index (χ4n) is 3.56. The molecule has 148 valence electrons. The van der Waals surface area contributed by atoms with Gasteiger partial charge in [-0.3, -0.25) is 10.1 Å². The molecule has 0 amide bonds. The van der Waals surface area contributed by atoms with E-state index in [0.717, 1.165) is 19.3 Å². The van der Waals surface area contributed by atoms with E-state index < -0.39 is 10.9 Å². The molecule has 1 aliphatic heterocycles. The van der Waals surface area contributed by atoms with Crippen LogP contribution in [0.2, 0.25) is 0 Å². The maximum Gasteiger partial charge on any atom is 0.353 e. The Kier molecular flexibility index (Phi) is 5.72. The Bertz CT molecular complexity index is 888. The number of anilines is 3. The topological polar surface area (TPSA) is 102 Å². The van der Waals surface area contributed by atoms with E-state index in [9.17, 15) is 14.9 Å². The monoisotopic (exact) mass is 385 g/mol. The van der Waals surface area contributed by atoms with Gasteiger partial charge in [-0.1, -0.05) is 12.1 Å². The molecule has 1 saturated heterocycles. The number of hydrogen-bond acceptors (Lipinski definition) is 8. The molecule has 1 fully saturated rings. The molecule has 0 aliphatic carbocycles. The zero-order valence-electron chi connectivity index (χ0n) is 16.2. The number of carbonyl (C=O) groups is 1.